The van der Waals surface area contributed by atoms with E-state index in [0.29, 0.717) is 32.0 Å². The van der Waals surface area contributed by atoms with E-state index in [2.05, 4.69) is 5.32 Å². The Bertz CT molecular complexity index is 597. The molecular weight excluding hydrogens is 294 g/mol. The molecule has 1 saturated heterocycles. The minimum Gasteiger partial charge on any atom is -0.548 e. The highest BCUT2D eigenvalue weighted by molar-refractivity contribution is 5.99. The van der Waals surface area contributed by atoms with E-state index < -0.39 is 23.3 Å². The smallest absolute Gasteiger partial charge is 0.284 e. The molecule has 9 heteroatoms. The predicted octanol–water partition coefficient (Wildman–Crippen LogP) is -1.09. The molecule has 1 aliphatic rings. The monoisotopic (exact) mass is 308 g/mol. The van der Waals surface area contributed by atoms with E-state index in [1.165, 1.54) is 12.1 Å². The minimum absolute atomic E-state index is 0.191. The van der Waals surface area contributed by atoms with Gasteiger partial charge in [0, 0.05) is 24.8 Å². The molecule has 1 aromatic carbocycles. The van der Waals surface area contributed by atoms with Crippen molar-refractivity contribution >= 4 is 23.3 Å². The van der Waals surface area contributed by atoms with Gasteiger partial charge >= 0.3 is 0 Å². The lowest BCUT2D eigenvalue weighted by atomic mass is 10.1. The maximum atomic E-state index is 11.8. The van der Waals surface area contributed by atoms with E-state index in [9.17, 15) is 24.8 Å². The zero-order valence-electron chi connectivity index (χ0n) is 11.6. The van der Waals surface area contributed by atoms with Gasteiger partial charge in [-0.2, -0.15) is 0 Å². The van der Waals surface area contributed by atoms with Gasteiger partial charge in [0.05, 0.1) is 30.7 Å². The van der Waals surface area contributed by atoms with Crippen LogP contribution in [0.2, 0.25) is 0 Å². The minimum atomic E-state index is -1.47. The van der Waals surface area contributed by atoms with Crippen molar-refractivity contribution in [3.8, 4) is 0 Å². The van der Waals surface area contributed by atoms with Crippen LogP contribution in [0.15, 0.2) is 18.2 Å². The van der Waals surface area contributed by atoms with Crippen LogP contribution in [0.3, 0.4) is 0 Å². The Morgan fingerprint density at radius 1 is 1.32 bits per heavy atom. The molecule has 1 heterocycles. The van der Waals surface area contributed by atoms with Gasteiger partial charge in [-0.15, -0.1) is 0 Å². The normalized spacial score (nSPS) is 14.5. The van der Waals surface area contributed by atoms with Crippen molar-refractivity contribution in [2.75, 3.05) is 37.7 Å². The molecule has 1 fully saturated rings. The number of hydrogen-bond donors (Lipinski definition) is 1. The van der Waals surface area contributed by atoms with Gasteiger partial charge in [-0.25, -0.2) is 0 Å². The molecule has 0 saturated carbocycles. The van der Waals surface area contributed by atoms with Gasteiger partial charge in [0.15, 0.2) is 0 Å². The number of amides is 1. The van der Waals surface area contributed by atoms with Crippen LogP contribution in [-0.2, 0) is 9.53 Å². The molecule has 0 unspecified atom stereocenters. The van der Waals surface area contributed by atoms with Crippen molar-refractivity contribution in [3.63, 3.8) is 0 Å². The van der Waals surface area contributed by atoms with Crippen molar-refractivity contribution < 1.29 is 24.4 Å². The number of carbonyl (C=O) groups excluding carboxylic acids is 2. The zero-order valence-corrected chi connectivity index (χ0v) is 11.6. The van der Waals surface area contributed by atoms with Crippen LogP contribution in [0.4, 0.5) is 11.4 Å². The molecule has 2 rings (SSSR count). The Morgan fingerprint density at radius 2 is 2.00 bits per heavy atom. The van der Waals surface area contributed by atoms with Crippen LogP contribution in [0, 0.1) is 10.1 Å². The van der Waals surface area contributed by atoms with Crippen LogP contribution in [0.25, 0.3) is 0 Å². The second kappa shape index (κ2) is 6.85. The third-order valence-corrected chi connectivity index (χ3v) is 3.19. The molecule has 22 heavy (non-hydrogen) atoms. The first kappa shape index (κ1) is 15.7. The van der Waals surface area contributed by atoms with Crippen molar-refractivity contribution in [1.82, 2.24) is 5.32 Å². The van der Waals surface area contributed by atoms with Crippen molar-refractivity contribution in [1.29, 1.82) is 0 Å². The van der Waals surface area contributed by atoms with Crippen molar-refractivity contribution in [2.45, 2.75) is 0 Å². The average molecular weight is 308 g/mol. The quantitative estimate of drug-likeness (QED) is 0.541. The number of rotatable bonds is 5. The molecule has 118 valence electrons. The van der Waals surface area contributed by atoms with Crippen molar-refractivity contribution in [2.24, 2.45) is 0 Å². The van der Waals surface area contributed by atoms with Crippen LogP contribution < -0.4 is 15.3 Å². The fraction of sp³-hybridized carbons (Fsp3) is 0.385. The summed E-state index contributed by atoms with van der Waals surface area (Å²) in [7, 11) is 0. The molecule has 0 aliphatic carbocycles. The summed E-state index contributed by atoms with van der Waals surface area (Å²) in [6.45, 7) is 1.56. The zero-order chi connectivity index (χ0) is 16.1. The SMILES string of the molecule is O=C([O-])CNC(=O)c1ccc(N2CCOCC2)cc1[N+](=O)[O-]. The third-order valence-electron chi connectivity index (χ3n) is 3.19. The Morgan fingerprint density at radius 3 is 2.59 bits per heavy atom. The summed E-state index contributed by atoms with van der Waals surface area (Å²) in [4.78, 5) is 34.6. The summed E-state index contributed by atoms with van der Waals surface area (Å²) < 4.78 is 5.21. The van der Waals surface area contributed by atoms with Gasteiger partial charge in [-0.1, -0.05) is 0 Å². The number of carboxylic acids is 1. The summed E-state index contributed by atoms with van der Waals surface area (Å²) in [5.41, 5.74) is 0.0505. The number of anilines is 1. The number of carboxylic acid groups (broad SMARTS) is 1. The van der Waals surface area contributed by atoms with Crippen LogP contribution in [0.5, 0.6) is 0 Å². The molecule has 0 bridgehead atoms. The van der Waals surface area contributed by atoms with Gasteiger partial charge in [0.2, 0.25) is 0 Å². The van der Waals surface area contributed by atoms with E-state index in [1.54, 1.807) is 6.07 Å². The second-order valence-corrected chi connectivity index (χ2v) is 4.61. The van der Waals surface area contributed by atoms with E-state index in [-0.39, 0.29) is 11.3 Å². The molecule has 1 amide bonds. The summed E-state index contributed by atoms with van der Waals surface area (Å²) in [6, 6.07) is 4.21. The fourth-order valence-corrected chi connectivity index (χ4v) is 2.13. The molecule has 0 aromatic heterocycles. The molecular formula is C13H14N3O6-. The highest BCUT2D eigenvalue weighted by Gasteiger charge is 2.22. The van der Waals surface area contributed by atoms with Crippen LogP contribution in [-0.4, -0.2) is 49.6 Å². The summed E-state index contributed by atoms with van der Waals surface area (Å²) in [6.07, 6.45) is 0. The van der Waals surface area contributed by atoms with E-state index in [4.69, 9.17) is 4.74 Å². The average Bonchev–Trinajstić information content (AvgIpc) is 2.52. The predicted molar refractivity (Wildman–Crippen MR) is 73.5 cm³/mol. The number of morpholine rings is 1. The number of nitro groups is 1. The number of benzene rings is 1. The van der Waals surface area contributed by atoms with Gasteiger partial charge in [0.1, 0.15) is 5.56 Å². The van der Waals surface area contributed by atoms with Gasteiger partial charge < -0.3 is 24.9 Å². The van der Waals surface area contributed by atoms with E-state index in [0.717, 1.165) is 0 Å². The number of hydrogen-bond acceptors (Lipinski definition) is 7. The van der Waals surface area contributed by atoms with Gasteiger partial charge in [-0.3, -0.25) is 14.9 Å². The highest BCUT2D eigenvalue weighted by atomic mass is 16.6. The van der Waals surface area contributed by atoms with E-state index in [1.807, 2.05) is 4.90 Å². The lowest BCUT2D eigenvalue weighted by Crippen LogP contribution is -2.38. The number of nitro benzene ring substituents is 1. The standard InChI is InChI=1S/C13H15N3O6/c17-12(18)8-14-13(19)10-2-1-9(7-11(10)16(20)21)15-3-5-22-6-4-15/h1-2,7H,3-6,8H2,(H,14,19)(H,17,18)/p-1. The van der Waals surface area contributed by atoms with Gasteiger partial charge in [0.25, 0.3) is 11.6 Å². The van der Waals surface area contributed by atoms with Gasteiger partial charge in [-0.05, 0) is 12.1 Å². The lowest BCUT2D eigenvalue weighted by Gasteiger charge is -2.28. The Kier molecular flexibility index (Phi) is 4.89. The highest BCUT2D eigenvalue weighted by Crippen LogP contribution is 2.26. The number of ether oxygens (including phenoxy) is 1. The molecule has 0 atom stereocenters. The first-order chi connectivity index (χ1) is 10.5. The number of nitrogens with one attached hydrogen (secondary N) is 1. The van der Waals surface area contributed by atoms with Crippen LogP contribution in [0.1, 0.15) is 10.4 Å². The summed E-state index contributed by atoms with van der Waals surface area (Å²) >= 11 is 0. The first-order valence-electron chi connectivity index (χ1n) is 6.58. The maximum absolute atomic E-state index is 11.8. The number of aliphatic carboxylic acids is 1. The topological polar surface area (TPSA) is 125 Å². The Labute approximate surface area is 125 Å². The molecule has 1 N–H and O–H groups in total. The Balaban J connectivity index is 2.25. The summed E-state index contributed by atoms with van der Waals surface area (Å²) in [5.74, 6) is -2.30. The molecule has 1 aliphatic heterocycles. The molecule has 1 aromatic rings. The fourth-order valence-electron chi connectivity index (χ4n) is 2.13. The molecule has 9 nitrogen and oxygen atoms in total. The van der Waals surface area contributed by atoms with Crippen molar-refractivity contribution in [3.05, 3.63) is 33.9 Å². The maximum Gasteiger partial charge on any atom is 0.284 e. The molecule has 0 radical (unpaired) electrons. The number of carbonyl (C=O) groups is 2. The second-order valence-electron chi connectivity index (χ2n) is 4.61. The largest absolute Gasteiger partial charge is 0.548 e. The lowest BCUT2D eigenvalue weighted by molar-refractivity contribution is -0.385. The van der Waals surface area contributed by atoms with Crippen LogP contribution >= 0.6 is 0 Å². The first-order valence-corrected chi connectivity index (χ1v) is 6.58. The van der Waals surface area contributed by atoms with E-state index >= 15 is 0 Å². The number of nitrogens with zero attached hydrogens (tertiary/aromatic N) is 2. The third kappa shape index (κ3) is 3.70. The summed E-state index contributed by atoms with van der Waals surface area (Å²) in [5, 5.41) is 23.5. The molecule has 0 spiro atoms. The Hall–Kier alpha value is -2.68.